The Hall–Kier alpha value is -0.790. The van der Waals surface area contributed by atoms with Gasteiger partial charge in [-0.1, -0.05) is 19.4 Å². The van der Waals surface area contributed by atoms with E-state index >= 15 is 0 Å². The second-order valence-electron chi connectivity index (χ2n) is 3.22. The molecule has 0 saturated carbocycles. The Morgan fingerprint density at radius 1 is 1.42 bits per heavy atom. The molecule has 0 atom stereocenters. The molecule has 2 heteroatoms. The van der Waals surface area contributed by atoms with Crippen molar-refractivity contribution >= 4 is 5.91 Å². The normalized spacial score (nSPS) is 17.6. The van der Waals surface area contributed by atoms with Crippen LogP contribution in [-0.4, -0.2) is 23.9 Å². The van der Waals surface area contributed by atoms with Gasteiger partial charge in [0.1, 0.15) is 0 Å². The van der Waals surface area contributed by atoms with Crippen LogP contribution in [0.1, 0.15) is 32.6 Å². The lowest BCUT2D eigenvalue weighted by Gasteiger charge is -2.11. The predicted octanol–water partition coefficient (Wildman–Crippen LogP) is 1.97. The molecule has 0 spiro atoms. The summed E-state index contributed by atoms with van der Waals surface area (Å²) in [5.74, 6) is 0.195. The summed E-state index contributed by atoms with van der Waals surface area (Å²) in [6.07, 6.45) is 8.17. The second kappa shape index (κ2) is 4.96. The van der Waals surface area contributed by atoms with Gasteiger partial charge in [0.2, 0.25) is 5.91 Å². The van der Waals surface area contributed by atoms with Gasteiger partial charge in [0.25, 0.3) is 0 Å². The molecule has 0 N–H and O–H groups in total. The minimum atomic E-state index is 0.195. The molecule has 1 amide bonds. The quantitative estimate of drug-likeness (QED) is 0.588. The third kappa shape index (κ3) is 2.68. The highest BCUT2D eigenvalue weighted by molar-refractivity contribution is 5.87. The first-order valence-corrected chi connectivity index (χ1v) is 4.80. The van der Waals surface area contributed by atoms with Gasteiger partial charge in [-0.05, 0) is 25.3 Å². The monoisotopic (exact) mass is 167 g/mol. The number of allylic oxidation sites excluding steroid dienone is 1. The minimum absolute atomic E-state index is 0.195. The summed E-state index contributed by atoms with van der Waals surface area (Å²) >= 11 is 0. The molecule has 0 aromatic carbocycles. The fourth-order valence-corrected chi connectivity index (χ4v) is 1.39. The number of unbranched alkanes of at least 4 members (excludes halogenated alkanes) is 1. The first-order chi connectivity index (χ1) is 5.84. The van der Waals surface area contributed by atoms with Crippen LogP contribution in [0.4, 0.5) is 0 Å². The Bertz CT molecular complexity index is 169. The molecule has 0 aromatic rings. The van der Waals surface area contributed by atoms with Crippen LogP contribution in [0.3, 0.4) is 0 Å². The topological polar surface area (TPSA) is 20.3 Å². The number of carbonyl (C=O) groups is 1. The van der Waals surface area contributed by atoms with E-state index in [1.807, 2.05) is 11.0 Å². The molecule has 0 unspecified atom stereocenters. The van der Waals surface area contributed by atoms with Gasteiger partial charge in [0.15, 0.2) is 0 Å². The van der Waals surface area contributed by atoms with Crippen molar-refractivity contribution in [2.45, 2.75) is 32.6 Å². The molecule has 0 bridgehead atoms. The van der Waals surface area contributed by atoms with Crippen LogP contribution in [0.15, 0.2) is 12.2 Å². The molecule has 1 fully saturated rings. The summed E-state index contributed by atoms with van der Waals surface area (Å²) in [5, 5.41) is 0. The summed E-state index contributed by atoms with van der Waals surface area (Å²) in [7, 11) is 0. The van der Waals surface area contributed by atoms with Gasteiger partial charge < -0.3 is 4.90 Å². The van der Waals surface area contributed by atoms with Gasteiger partial charge in [0.05, 0.1) is 0 Å². The van der Waals surface area contributed by atoms with Gasteiger partial charge in [-0.3, -0.25) is 4.79 Å². The lowest BCUT2D eigenvalue weighted by molar-refractivity contribution is -0.125. The Morgan fingerprint density at radius 2 is 2.08 bits per heavy atom. The maximum absolute atomic E-state index is 11.4. The van der Waals surface area contributed by atoms with Crippen molar-refractivity contribution in [2.75, 3.05) is 13.1 Å². The molecule has 1 heterocycles. The molecular weight excluding hydrogens is 150 g/mol. The highest BCUT2D eigenvalue weighted by Crippen LogP contribution is 2.07. The van der Waals surface area contributed by atoms with Crippen molar-refractivity contribution in [2.24, 2.45) is 0 Å². The molecule has 0 aliphatic carbocycles. The first-order valence-electron chi connectivity index (χ1n) is 4.80. The number of amides is 1. The summed E-state index contributed by atoms with van der Waals surface area (Å²) in [6.45, 7) is 4.02. The van der Waals surface area contributed by atoms with Crippen molar-refractivity contribution in [3.63, 3.8) is 0 Å². The zero-order chi connectivity index (χ0) is 8.81. The first kappa shape index (κ1) is 9.30. The van der Waals surface area contributed by atoms with Gasteiger partial charge in [-0.25, -0.2) is 0 Å². The van der Waals surface area contributed by atoms with E-state index in [1.54, 1.807) is 6.08 Å². The van der Waals surface area contributed by atoms with E-state index in [0.717, 1.165) is 25.9 Å². The fraction of sp³-hybridized carbons (Fsp3) is 0.700. The van der Waals surface area contributed by atoms with E-state index in [-0.39, 0.29) is 5.91 Å². The third-order valence-corrected chi connectivity index (χ3v) is 2.13. The zero-order valence-electron chi connectivity index (χ0n) is 7.75. The second-order valence-corrected chi connectivity index (χ2v) is 3.22. The minimum Gasteiger partial charge on any atom is -0.339 e. The van der Waals surface area contributed by atoms with Gasteiger partial charge in [-0.2, -0.15) is 0 Å². The molecule has 68 valence electrons. The van der Waals surface area contributed by atoms with E-state index in [9.17, 15) is 4.79 Å². The highest BCUT2D eigenvalue weighted by atomic mass is 16.2. The van der Waals surface area contributed by atoms with Crippen LogP contribution in [0.25, 0.3) is 0 Å². The SMILES string of the molecule is CCC/C=C/C(=O)N1CCCC1. The molecule has 1 rings (SSSR count). The van der Waals surface area contributed by atoms with E-state index in [2.05, 4.69) is 6.92 Å². The summed E-state index contributed by atoms with van der Waals surface area (Å²) in [4.78, 5) is 13.3. The summed E-state index contributed by atoms with van der Waals surface area (Å²) < 4.78 is 0. The van der Waals surface area contributed by atoms with Gasteiger partial charge in [-0.15, -0.1) is 0 Å². The maximum Gasteiger partial charge on any atom is 0.246 e. The largest absolute Gasteiger partial charge is 0.339 e. The van der Waals surface area contributed by atoms with Crippen LogP contribution in [0.2, 0.25) is 0 Å². The standard InChI is InChI=1S/C10H17NO/c1-2-3-4-7-10(12)11-8-5-6-9-11/h4,7H,2-3,5-6,8-9H2,1H3/b7-4+. The van der Waals surface area contributed by atoms with Crippen molar-refractivity contribution < 1.29 is 4.79 Å². The Morgan fingerprint density at radius 3 is 2.67 bits per heavy atom. The van der Waals surface area contributed by atoms with Crippen LogP contribution in [-0.2, 0) is 4.79 Å². The molecule has 1 aliphatic rings. The lowest BCUT2D eigenvalue weighted by atomic mass is 10.3. The van der Waals surface area contributed by atoms with Crippen LogP contribution in [0.5, 0.6) is 0 Å². The van der Waals surface area contributed by atoms with Gasteiger partial charge >= 0.3 is 0 Å². The number of hydrogen-bond acceptors (Lipinski definition) is 1. The number of nitrogens with zero attached hydrogens (tertiary/aromatic N) is 1. The van der Waals surface area contributed by atoms with Crippen molar-refractivity contribution in [1.82, 2.24) is 4.90 Å². The molecule has 0 aromatic heterocycles. The maximum atomic E-state index is 11.4. The number of hydrogen-bond donors (Lipinski definition) is 0. The van der Waals surface area contributed by atoms with Crippen LogP contribution in [0, 0.1) is 0 Å². The Labute approximate surface area is 74.2 Å². The van der Waals surface area contributed by atoms with Crippen LogP contribution >= 0.6 is 0 Å². The Balaban J connectivity index is 2.26. The fourth-order valence-electron chi connectivity index (χ4n) is 1.39. The molecule has 1 aliphatic heterocycles. The van der Waals surface area contributed by atoms with Crippen LogP contribution < -0.4 is 0 Å². The highest BCUT2D eigenvalue weighted by Gasteiger charge is 2.14. The third-order valence-electron chi connectivity index (χ3n) is 2.13. The average Bonchev–Trinajstić information content (AvgIpc) is 2.56. The molecule has 12 heavy (non-hydrogen) atoms. The van der Waals surface area contributed by atoms with E-state index in [4.69, 9.17) is 0 Å². The average molecular weight is 167 g/mol. The van der Waals surface area contributed by atoms with Crippen molar-refractivity contribution in [3.8, 4) is 0 Å². The molecule has 1 saturated heterocycles. The number of rotatable bonds is 3. The Kier molecular flexibility index (Phi) is 3.85. The predicted molar refractivity (Wildman–Crippen MR) is 49.9 cm³/mol. The molecule has 2 nitrogen and oxygen atoms in total. The van der Waals surface area contributed by atoms with E-state index < -0.39 is 0 Å². The molecular formula is C10H17NO. The summed E-state index contributed by atoms with van der Waals surface area (Å²) in [6, 6.07) is 0. The van der Waals surface area contributed by atoms with E-state index in [0.29, 0.717) is 0 Å². The lowest BCUT2D eigenvalue weighted by Crippen LogP contribution is -2.25. The molecule has 0 radical (unpaired) electrons. The van der Waals surface area contributed by atoms with Crippen molar-refractivity contribution in [1.29, 1.82) is 0 Å². The number of likely N-dealkylation sites (tertiary alicyclic amines) is 1. The van der Waals surface area contributed by atoms with Crippen molar-refractivity contribution in [3.05, 3.63) is 12.2 Å². The van der Waals surface area contributed by atoms with E-state index in [1.165, 1.54) is 12.8 Å². The summed E-state index contributed by atoms with van der Waals surface area (Å²) in [5.41, 5.74) is 0. The van der Waals surface area contributed by atoms with Gasteiger partial charge in [0, 0.05) is 13.1 Å². The zero-order valence-corrected chi connectivity index (χ0v) is 7.75. The number of carbonyl (C=O) groups excluding carboxylic acids is 1. The smallest absolute Gasteiger partial charge is 0.246 e.